The Hall–Kier alpha value is -2.14. The Balaban J connectivity index is 2.16. The van der Waals surface area contributed by atoms with E-state index in [9.17, 15) is 0 Å². The van der Waals surface area contributed by atoms with Crippen LogP contribution in [0, 0.1) is 0 Å². The van der Waals surface area contributed by atoms with Crippen LogP contribution in [-0.4, -0.2) is 24.1 Å². The lowest BCUT2D eigenvalue weighted by molar-refractivity contribution is 1.13. The van der Waals surface area contributed by atoms with Crippen LogP contribution in [-0.2, 0) is 0 Å². The zero-order valence-electron chi connectivity index (χ0n) is 10.9. The number of benzene rings is 1. The average Bonchev–Trinajstić information content (AvgIpc) is 2.39. The Morgan fingerprint density at radius 3 is 2.63 bits per heavy atom. The van der Waals surface area contributed by atoms with Gasteiger partial charge in [-0.1, -0.05) is 18.3 Å². The van der Waals surface area contributed by atoms with Crippen LogP contribution in [0.4, 0.5) is 17.2 Å². The van der Waals surface area contributed by atoms with E-state index in [1.165, 1.54) is 0 Å². The molecule has 5 heteroatoms. The minimum atomic E-state index is 0.355. The quantitative estimate of drug-likeness (QED) is 0.838. The number of rotatable bonds is 4. The molecule has 0 aliphatic carbocycles. The van der Waals surface area contributed by atoms with E-state index in [4.69, 9.17) is 18.0 Å². The van der Waals surface area contributed by atoms with E-state index < -0.39 is 0 Å². The molecule has 0 aliphatic heterocycles. The Kier molecular flexibility index (Phi) is 3.97. The zero-order valence-corrected chi connectivity index (χ0v) is 11.7. The van der Waals surface area contributed by atoms with Gasteiger partial charge in [-0.3, -0.25) is 0 Å². The number of thiocarbonyl (C=S) groups is 1. The van der Waals surface area contributed by atoms with E-state index in [2.05, 4.69) is 27.3 Å². The normalized spacial score (nSPS) is 10.0. The van der Waals surface area contributed by atoms with Crippen molar-refractivity contribution >= 4 is 34.4 Å². The summed E-state index contributed by atoms with van der Waals surface area (Å²) in [6.45, 7) is 0. The minimum absolute atomic E-state index is 0.355. The highest BCUT2D eigenvalue weighted by Crippen LogP contribution is 2.20. The third-order valence-corrected chi connectivity index (χ3v) is 2.92. The Morgan fingerprint density at radius 2 is 2.05 bits per heavy atom. The highest BCUT2D eigenvalue weighted by atomic mass is 32.1. The van der Waals surface area contributed by atoms with Crippen LogP contribution in [0.2, 0.25) is 0 Å². The molecule has 2 aromatic rings. The number of nitrogens with two attached hydrogens (primary N) is 1. The highest BCUT2D eigenvalue weighted by molar-refractivity contribution is 7.80. The van der Waals surface area contributed by atoms with Crippen molar-refractivity contribution < 1.29 is 0 Å². The first-order valence-corrected chi connectivity index (χ1v) is 6.27. The second kappa shape index (κ2) is 5.67. The van der Waals surface area contributed by atoms with Crippen LogP contribution >= 0.6 is 12.2 Å². The SMILES string of the molecule is CN(C)c1cccc(Nc2ccc(C(N)=S)cn2)c1. The molecule has 2 rings (SSSR count). The fourth-order valence-corrected chi connectivity index (χ4v) is 1.74. The molecule has 0 unspecified atom stereocenters. The van der Waals surface area contributed by atoms with Crippen molar-refractivity contribution in [2.75, 3.05) is 24.3 Å². The number of nitrogens with zero attached hydrogens (tertiary/aromatic N) is 2. The summed E-state index contributed by atoms with van der Waals surface area (Å²) in [6, 6.07) is 11.8. The first-order valence-electron chi connectivity index (χ1n) is 5.86. The molecule has 4 nitrogen and oxygen atoms in total. The number of hydrogen-bond donors (Lipinski definition) is 2. The van der Waals surface area contributed by atoms with E-state index in [0.29, 0.717) is 4.99 Å². The summed E-state index contributed by atoms with van der Waals surface area (Å²) < 4.78 is 0. The molecule has 0 atom stereocenters. The van der Waals surface area contributed by atoms with Gasteiger partial charge in [0.2, 0.25) is 0 Å². The van der Waals surface area contributed by atoms with Crippen molar-refractivity contribution in [3.8, 4) is 0 Å². The van der Waals surface area contributed by atoms with Gasteiger partial charge in [0.25, 0.3) is 0 Å². The van der Waals surface area contributed by atoms with Gasteiger partial charge in [0.15, 0.2) is 0 Å². The van der Waals surface area contributed by atoms with Crippen molar-refractivity contribution in [2.24, 2.45) is 5.73 Å². The molecular weight excluding hydrogens is 256 g/mol. The maximum atomic E-state index is 5.54. The first-order chi connectivity index (χ1) is 9.06. The van der Waals surface area contributed by atoms with E-state index in [-0.39, 0.29) is 0 Å². The first kappa shape index (κ1) is 13.3. The van der Waals surface area contributed by atoms with Gasteiger partial charge in [0.1, 0.15) is 10.8 Å². The molecule has 3 N–H and O–H groups in total. The Bertz CT molecular complexity index is 578. The van der Waals surface area contributed by atoms with Gasteiger partial charge in [-0.2, -0.15) is 0 Å². The van der Waals surface area contributed by atoms with E-state index in [1.807, 2.05) is 38.4 Å². The molecule has 0 radical (unpaired) electrons. The summed E-state index contributed by atoms with van der Waals surface area (Å²) in [6.07, 6.45) is 1.67. The second-order valence-electron chi connectivity index (χ2n) is 4.37. The van der Waals surface area contributed by atoms with Crippen LogP contribution in [0.5, 0.6) is 0 Å². The summed E-state index contributed by atoms with van der Waals surface area (Å²) in [4.78, 5) is 6.68. The van der Waals surface area contributed by atoms with Crippen molar-refractivity contribution in [3.63, 3.8) is 0 Å². The smallest absolute Gasteiger partial charge is 0.130 e. The van der Waals surface area contributed by atoms with Crippen molar-refractivity contribution in [1.82, 2.24) is 4.98 Å². The summed E-state index contributed by atoms with van der Waals surface area (Å²) in [7, 11) is 4.02. The predicted molar refractivity (Wildman–Crippen MR) is 84.2 cm³/mol. The van der Waals surface area contributed by atoms with Gasteiger partial charge < -0.3 is 16.0 Å². The standard InChI is InChI=1S/C14H16N4S/c1-18(2)12-5-3-4-11(8-12)17-13-7-6-10(9-16-13)14(15)19/h3-9H,1-2H3,(H2,15,19)(H,16,17). The fourth-order valence-electron chi connectivity index (χ4n) is 1.62. The largest absolute Gasteiger partial charge is 0.389 e. The van der Waals surface area contributed by atoms with Crippen LogP contribution in [0.25, 0.3) is 0 Å². The molecule has 0 amide bonds. The average molecular weight is 272 g/mol. The topological polar surface area (TPSA) is 54.2 Å². The molecule has 0 fully saturated rings. The zero-order chi connectivity index (χ0) is 13.8. The fraction of sp³-hybridized carbons (Fsp3) is 0.143. The summed E-state index contributed by atoms with van der Waals surface area (Å²) in [5, 5.41) is 3.24. The second-order valence-corrected chi connectivity index (χ2v) is 4.81. The summed E-state index contributed by atoms with van der Waals surface area (Å²) >= 11 is 4.89. The third-order valence-electron chi connectivity index (χ3n) is 2.68. The van der Waals surface area contributed by atoms with Crippen LogP contribution in [0.15, 0.2) is 42.6 Å². The number of pyridine rings is 1. The lowest BCUT2D eigenvalue weighted by atomic mass is 10.2. The molecule has 0 spiro atoms. The molecule has 1 aromatic carbocycles. The lowest BCUT2D eigenvalue weighted by Gasteiger charge is -2.14. The number of aromatic nitrogens is 1. The molecule has 1 aromatic heterocycles. The third kappa shape index (κ3) is 3.42. The predicted octanol–water partition coefficient (Wildman–Crippen LogP) is 2.53. The van der Waals surface area contributed by atoms with E-state index in [1.54, 1.807) is 6.20 Å². The maximum Gasteiger partial charge on any atom is 0.130 e. The minimum Gasteiger partial charge on any atom is -0.389 e. The molecular formula is C14H16N4S. The number of hydrogen-bond acceptors (Lipinski definition) is 4. The van der Waals surface area contributed by atoms with Gasteiger partial charge in [-0.25, -0.2) is 4.98 Å². The van der Waals surface area contributed by atoms with Gasteiger partial charge in [-0.05, 0) is 30.3 Å². The van der Waals surface area contributed by atoms with Gasteiger partial charge in [0.05, 0.1) is 0 Å². The number of anilines is 3. The Morgan fingerprint density at radius 1 is 1.26 bits per heavy atom. The molecule has 98 valence electrons. The van der Waals surface area contributed by atoms with Crippen molar-refractivity contribution in [3.05, 3.63) is 48.2 Å². The molecule has 19 heavy (non-hydrogen) atoms. The molecule has 1 heterocycles. The maximum absolute atomic E-state index is 5.54. The van der Waals surface area contributed by atoms with E-state index in [0.717, 1.165) is 22.8 Å². The van der Waals surface area contributed by atoms with E-state index >= 15 is 0 Å². The number of nitrogens with one attached hydrogen (secondary N) is 1. The summed E-state index contributed by atoms with van der Waals surface area (Å²) in [5.74, 6) is 0.760. The van der Waals surface area contributed by atoms with Crippen LogP contribution in [0.3, 0.4) is 0 Å². The molecule has 0 saturated heterocycles. The Labute approximate surface area is 118 Å². The van der Waals surface area contributed by atoms with Gasteiger partial charge >= 0.3 is 0 Å². The van der Waals surface area contributed by atoms with Crippen molar-refractivity contribution in [2.45, 2.75) is 0 Å². The van der Waals surface area contributed by atoms with Crippen molar-refractivity contribution in [1.29, 1.82) is 0 Å². The molecule has 0 saturated carbocycles. The van der Waals surface area contributed by atoms with Crippen LogP contribution in [0.1, 0.15) is 5.56 Å². The molecule has 0 bridgehead atoms. The van der Waals surface area contributed by atoms with Gasteiger partial charge in [-0.15, -0.1) is 0 Å². The van der Waals surface area contributed by atoms with Gasteiger partial charge in [0, 0.05) is 37.2 Å². The molecule has 0 aliphatic rings. The monoisotopic (exact) mass is 272 g/mol. The summed E-state index contributed by atoms with van der Waals surface area (Å²) in [5.41, 5.74) is 8.42. The highest BCUT2D eigenvalue weighted by Gasteiger charge is 2.01. The van der Waals surface area contributed by atoms with Crippen LogP contribution < -0.4 is 16.0 Å². The lowest BCUT2D eigenvalue weighted by Crippen LogP contribution is -2.10.